The molecule has 0 unspecified atom stereocenters. The predicted octanol–water partition coefficient (Wildman–Crippen LogP) is 2.51. The number of benzene rings is 1. The third-order valence-corrected chi connectivity index (χ3v) is 4.01. The quantitative estimate of drug-likeness (QED) is 0.795. The van der Waals surface area contributed by atoms with Crippen LogP contribution in [-0.4, -0.2) is 26.7 Å². The highest BCUT2D eigenvalue weighted by atomic mass is 16.5. The third kappa shape index (κ3) is 3.24. The van der Waals surface area contributed by atoms with Crippen molar-refractivity contribution in [3.63, 3.8) is 0 Å². The summed E-state index contributed by atoms with van der Waals surface area (Å²) in [6.07, 6.45) is 4.50. The van der Waals surface area contributed by atoms with E-state index in [1.54, 1.807) is 0 Å². The smallest absolute Gasteiger partial charge is 0.119 e. The Kier molecular flexibility index (Phi) is 4.50. The molecule has 21 heavy (non-hydrogen) atoms. The lowest BCUT2D eigenvalue weighted by Crippen LogP contribution is -2.17. The molecule has 0 aliphatic heterocycles. The number of aryl methyl sites for hydroxylation is 1. The summed E-state index contributed by atoms with van der Waals surface area (Å²) in [6, 6.07) is 9.83. The van der Waals surface area contributed by atoms with Crippen LogP contribution in [0.15, 0.2) is 30.3 Å². The number of aliphatic hydroxyl groups is 1. The monoisotopic (exact) mass is 287 g/mol. The van der Waals surface area contributed by atoms with Gasteiger partial charge in [0.25, 0.3) is 0 Å². The molecule has 1 aromatic carbocycles. The highest BCUT2D eigenvalue weighted by molar-refractivity contribution is 5.21. The summed E-state index contributed by atoms with van der Waals surface area (Å²) in [7, 11) is 0. The molecule has 0 amide bonds. The number of ether oxygens (including phenoxy) is 1. The molecule has 3 rings (SSSR count). The first kappa shape index (κ1) is 14.1. The second-order valence-corrected chi connectivity index (χ2v) is 5.45. The zero-order valence-electron chi connectivity index (χ0n) is 12.1. The van der Waals surface area contributed by atoms with Gasteiger partial charge < -0.3 is 9.84 Å². The van der Waals surface area contributed by atoms with E-state index in [-0.39, 0.29) is 6.61 Å². The van der Waals surface area contributed by atoms with Crippen LogP contribution in [0.1, 0.15) is 43.0 Å². The highest BCUT2D eigenvalue weighted by Gasteiger charge is 2.27. The first-order valence-corrected chi connectivity index (χ1v) is 7.59. The molecule has 1 aliphatic carbocycles. The summed E-state index contributed by atoms with van der Waals surface area (Å²) >= 11 is 0. The van der Waals surface area contributed by atoms with Gasteiger partial charge in [-0.3, -0.25) is 0 Å². The molecule has 0 radical (unpaired) electrons. The number of hydrogen-bond acceptors (Lipinski definition) is 4. The van der Waals surface area contributed by atoms with Gasteiger partial charge in [0.15, 0.2) is 0 Å². The minimum atomic E-state index is -0.0215. The van der Waals surface area contributed by atoms with Crippen molar-refractivity contribution in [1.82, 2.24) is 15.0 Å². The molecule has 1 heterocycles. The van der Waals surface area contributed by atoms with Gasteiger partial charge in [-0.2, -0.15) is 0 Å². The fourth-order valence-electron chi connectivity index (χ4n) is 2.68. The predicted molar refractivity (Wildman–Crippen MR) is 79.1 cm³/mol. The fourth-order valence-corrected chi connectivity index (χ4v) is 2.68. The second kappa shape index (κ2) is 6.72. The molecule has 0 spiro atoms. The number of hydrogen-bond donors (Lipinski definition) is 1. The van der Waals surface area contributed by atoms with Crippen LogP contribution in [0, 0.1) is 0 Å². The Labute approximate surface area is 124 Å². The molecule has 112 valence electrons. The normalized spacial score (nSPS) is 14.9. The Morgan fingerprint density at radius 2 is 2.05 bits per heavy atom. The van der Waals surface area contributed by atoms with Crippen LogP contribution in [0.5, 0.6) is 5.75 Å². The Bertz CT molecular complexity index is 564. The molecule has 0 bridgehead atoms. The first-order valence-electron chi connectivity index (χ1n) is 7.59. The average molecular weight is 287 g/mol. The van der Waals surface area contributed by atoms with Gasteiger partial charge in [-0.15, -0.1) is 5.10 Å². The summed E-state index contributed by atoms with van der Waals surface area (Å²) in [5.74, 6) is 1.42. The lowest BCUT2D eigenvalue weighted by molar-refractivity contribution is 0.270. The highest BCUT2D eigenvalue weighted by Crippen LogP contribution is 2.37. The van der Waals surface area contributed by atoms with Crippen molar-refractivity contribution in [2.45, 2.75) is 44.8 Å². The minimum absolute atomic E-state index is 0.0215. The number of nitrogens with zero attached hydrogens (tertiary/aromatic N) is 3. The molecule has 0 saturated heterocycles. The van der Waals surface area contributed by atoms with Crippen molar-refractivity contribution in [3.8, 4) is 5.75 Å². The lowest BCUT2D eigenvalue weighted by atomic mass is 9.82. The zero-order chi connectivity index (χ0) is 14.5. The van der Waals surface area contributed by atoms with E-state index in [1.807, 2.05) is 35.0 Å². The number of aliphatic hydroxyl groups excluding tert-OH is 1. The van der Waals surface area contributed by atoms with Gasteiger partial charge in [0.05, 0.1) is 18.9 Å². The summed E-state index contributed by atoms with van der Waals surface area (Å²) in [5, 5.41) is 17.7. The van der Waals surface area contributed by atoms with E-state index in [0.717, 1.165) is 30.1 Å². The molecular weight excluding hydrogens is 266 g/mol. The van der Waals surface area contributed by atoms with E-state index in [0.29, 0.717) is 12.5 Å². The van der Waals surface area contributed by atoms with E-state index in [2.05, 4.69) is 10.3 Å². The molecule has 1 aliphatic rings. The largest absolute Gasteiger partial charge is 0.494 e. The third-order valence-electron chi connectivity index (χ3n) is 4.01. The molecule has 1 saturated carbocycles. The van der Waals surface area contributed by atoms with Gasteiger partial charge in [-0.05, 0) is 25.0 Å². The van der Waals surface area contributed by atoms with Gasteiger partial charge >= 0.3 is 0 Å². The summed E-state index contributed by atoms with van der Waals surface area (Å²) in [6.45, 7) is 1.42. The van der Waals surface area contributed by atoms with Crippen LogP contribution >= 0.6 is 0 Å². The van der Waals surface area contributed by atoms with E-state index >= 15 is 0 Å². The lowest BCUT2D eigenvalue weighted by Gasteiger charge is -2.26. The first-order chi connectivity index (χ1) is 10.4. The molecule has 1 aromatic heterocycles. The average Bonchev–Trinajstić information content (AvgIpc) is 2.86. The zero-order valence-corrected chi connectivity index (χ0v) is 12.1. The van der Waals surface area contributed by atoms with Crippen LogP contribution in [0.3, 0.4) is 0 Å². The maximum Gasteiger partial charge on any atom is 0.119 e. The standard InChI is InChI=1S/C16H21N3O2/c20-12-15-16(13-6-4-7-13)19(18-17-15)10-5-11-21-14-8-2-1-3-9-14/h1-3,8-9,13,20H,4-7,10-12H2. The van der Waals surface area contributed by atoms with Crippen molar-refractivity contribution in [2.24, 2.45) is 0 Å². The Hall–Kier alpha value is -1.88. The van der Waals surface area contributed by atoms with Crippen LogP contribution in [-0.2, 0) is 13.2 Å². The van der Waals surface area contributed by atoms with Crippen LogP contribution in [0.2, 0.25) is 0 Å². The van der Waals surface area contributed by atoms with Crippen molar-refractivity contribution in [2.75, 3.05) is 6.61 Å². The van der Waals surface area contributed by atoms with Gasteiger partial charge in [0.1, 0.15) is 11.4 Å². The minimum Gasteiger partial charge on any atom is -0.494 e. The number of aromatic nitrogens is 3. The van der Waals surface area contributed by atoms with E-state index in [1.165, 1.54) is 19.3 Å². The van der Waals surface area contributed by atoms with E-state index in [4.69, 9.17) is 4.74 Å². The van der Waals surface area contributed by atoms with Crippen molar-refractivity contribution >= 4 is 0 Å². The molecule has 0 atom stereocenters. The maximum absolute atomic E-state index is 9.38. The van der Waals surface area contributed by atoms with Gasteiger partial charge in [0, 0.05) is 18.9 Å². The van der Waals surface area contributed by atoms with Crippen LogP contribution in [0.25, 0.3) is 0 Å². The Morgan fingerprint density at radius 3 is 2.71 bits per heavy atom. The maximum atomic E-state index is 9.38. The van der Waals surface area contributed by atoms with Gasteiger partial charge in [-0.25, -0.2) is 4.68 Å². The van der Waals surface area contributed by atoms with Gasteiger partial charge in [-0.1, -0.05) is 29.8 Å². The molecule has 5 heteroatoms. The Balaban J connectivity index is 1.54. The number of rotatable bonds is 7. The van der Waals surface area contributed by atoms with Crippen LogP contribution in [0.4, 0.5) is 0 Å². The summed E-state index contributed by atoms with van der Waals surface area (Å²) in [4.78, 5) is 0. The molecule has 1 N–H and O–H groups in total. The van der Waals surface area contributed by atoms with Crippen molar-refractivity contribution < 1.29 is 9.84 Å². The van der Waals surface area contributed by atoms with E-state index in [9.17, 15) is 5.11 Å². The van der Waals surface area contributed by atoms with Crippen molar-refractivity contribution in [1.29, 1.82) is 0 Å². The SMILES string of the molecule is OCc1nnn(CCCOc2ccccc2)c1C1CCC1. The molecule has 1 fully saturated rings. The Morgan fingerprint density at radius 1 is 1.24 bits per heavy atom. The number of para-hydroxylation sites is 1. The fraction of sp³-hybridized carbons (Fsp3) is 0.500. The summed E-state index contributed by atoms with van der Waals surface area (Å²) < 4.78 is 7.64. The molecule has 2 aromatic rings. The second-order valence-electron chi connectivity index (χ2n) is 5.45. The van der Waals surface area contributed by atoms with Crippen molar-refractivity contribution in [3.05, 3.63) is 41.7 Å². The molecular formula is C16H21N3O2. The van der Waals surface area contributed by atoms with Gasteiger partial charge in [0.2, 0.25) is 0 Å². The van der Waals surface area contributed by atoms with E-state index < -0.39 is 0 Å². The summed E-state index contributed by atoms with van der Waals surface area (Å²) in [5.41, 5.74) is 1.87. The molecule has 5 nitrogen and oxygen atoms in total. The topological polar surface area (TPSA) is 60.2 Å². The van der Waals surface area contributed by atoms with Crippen LogP contribution < -0.4 is 4.74 Å².